The maximum absolute atomic E-state index is 10.3. The average molecular weight is 239 g/mol. The van der Waals surface area contributed by atoms with E-state index >= 15 is 0 Å². The summed E-state index contributed by atoms with van der Waals surface area (Å²) in [7, 11) is 0. The Balaban J connectivity index is 2.15. The summed E-state index contributed by atoms with van der Waals surface area (Å²) in [6.45, 7) is 0. The Morgan fingerprint density at radius 3 is 2.44 bits per heavy atom. The van der Waals surface area contributed by atoms with Crippen LogP contribution in [0.25, 0.3) is 6.08 Å². The van der Waals surface area contributed by atoms with Gasteiger partial charge >= 0.3 is 0 Å². The molecule has 0 saturated heterocycles. The molecule has 0 bridgehead atoms. The fraction of sp³-hybridized carbons (Fsp3) is 0. The molecule has 0 amide bonds. The number of carboxylic acid groups (broad SMARTS) is 1. The lowest BCUT2D eigenvalue weighted by molar-refractivity contribution is -0.297. The molecule has 2 aromatic rings. The van der Waals surface area contributed by atoms with Gasteiger partial charge in [-0.3, -0.25) is 0 Å². The standard InChI is InChI=1S/C15H12O3/c16-15(17)10-9-12-5-4-8-14(11-12)18-13-6-2-1-3-7-13/h1-11H,(H,16,17)/p-1/b10-9+. The third-order valence-electron chi connectivity index (χ3n) is 2.25. The molecule has 0 spiro atoms. The van der Waals surface area contributed by atoms with Gasteiger partial charge in [0.05, 0.1) is 5.97 Å². The maximum atomic E-state index is 10.3. The normalized spacial score (nSPS) is 10.4. The van der Waals surface area contributed by atoms with Crippen LogP contribution in [0.3, 0.4) is 0 Å². The van der Waals surface area contributed by atoms with Crippen molar-refractivity contribution in [3.8, 4) is 11.5 Å². The van der Waals surface area contributed by atoms with Crippen LogP contribution in [-0.2, 0) is 4.79 Å². The van der Waals surface area contributed by atoms with Crippen molar-refractivity contribution < 1.29 is 14.6 Å². The van der Waals surface area contributed by atoms with Gasteiger partial charge in [-0.15, -0.1) is 0 Å². The van der Waals surface area contributed by atoms with Crippen LogP contribution in [0.15, 0.2) is 60.7 Å². The summed E-state index contributed by atoms with van der Waals surface area (Å²) in [6, 6.07) is 16.5. The Bertz CT molecular complexity index is 559. The van der Waals surface area contributed by atoms with E-state index in [-0.39, 0.29) is 0 Å². The lowest BCUT2D eigenvalue weighted by atomic mass is 10.2. The van der Waals surface area contributed by atoms with Crippen LogP contribution in [0, 0.1) is 0 Å². The summed E-state index contributed by atoms with van der Waals surface area (Å²) in [5, 5.41) is 10.3. The first-order valence-electron chi connectivity index (χ1n) is 5.46. The smallest absolute Gasteiger partial charge is 0.128 e. The number of rotatable bonds is 4. The lowest BCUT2D eigenvalue weighted by Crippen LogP contribution is -2.18. The zero-order valence-electron chi connectivity index (χ0n) is 9.58. The number of para-hydroxylation sites is 1. The molecule has 18 heavy (non-hydrogen) atoms. The van der Waals surface area contributed by atoms with Crippen LogP contribution in [0.1, 0.15) is 5.56 Å². The van der Waals surface area contributed by atoms with E-state index in [0.717, 1.165) is 17.4 Å². The van der Waals surface area contributed by atoms with E-state index in [0.29, 0.717) is 5.75 Å². The minimum atomic E-state index is -1.22. The van der Waals surface area contributed by atoms with Crippen LogP contribution in [0.2, 0.25) is 0 Å². The average Bonchev–Trinajstić information content (AvgIpc) is 2.38. The van der Waals surface area contributed by atoms with Crippen molar-refractivity contribution in [3.05, 3.63) is 66.2 Å². The van der Waals surface area contributed by atoms with Gasteiger partial charge in [0.15, 0.2) is 0 Å². The SMILES string of the molecule is O=C([O-])/C=C/c1cccc(Oc2ccccc2)c1. The van der Waals surface area contributed by atoms with Gasteiger partial charge in [0.25, 0.3) is 0 Å². The van der Waals surface area contributed by atoms with E-state index < -0.39 is 5.97 Å². The predicted octanol–water partition coefficient (Wildman–Crippen LogP) is 2.24. The Hall–Kier alpha value is -2.55. The zero-order valence-corrected chi connectivity index (χ0v) is 9.58. The molecular weight excluding hydrogens is 228 g/mol. The van der Waals surface area contributed by atoms with Gasteiger partial charge in [0.1, 0.15) is 11.5 Å². The molecule has 0 radical (unpaired) electrons. The van der Waals surface area contributed by atoms with E-state index in [2.05, 4.69) is 0 Å². The van der Waals surface area contributed by atoms with E-state index in [1.807, 2.05) is 36.4 Å². The van der Waals surface area contributed by atoms with Crippen LogP contribution in [-0.4, -0.2) is 5.97 Å². The quantitative estimate of drug-likeness (QED) is 0.769. The van der Waals surface area contributed by atoms with Crippen LogP contribution in [0.5, 0.6) is 11.5 Å². The van der Waals surface area contributed by atoms with Gasteiger partial charge in [0.2, 0.25) is 0 Å². The molecule has 0 heterocycles. The highest BCUT2D eigenvalue weighted by Gasteiger charge is 1.96. The first-order valence-corrected chi connectivity index (χ1v) is 5.46. The molecule has 3 nitrogen and oxygen atoms in total. The molecule has 3 heteroatoms. The number of carboxylic acids is 1. The molecule has 0 unspecified atom stereocenters. The third kappa shape index (κ3) is 3.49. The highest BCUT2D eigenvalue weighted by molar-refractivity contribution is 5.83. The van der Waals surface area contributed by atoms with Crippen LogP contribution >= 0.6 is 0 Å². The highest BCUT2D eigenvalue weighted by atomic mass is 16.5. The number of hydrogen-bond acceptors (Lipinski definition) is 3. The molecule has 0 fully saturated rings. The van der Waals surface area contributed by atoms with Crippen LogP contribution in [0.4, 0.5) is 0 Å². The number of benzene rings is 2. The largest absolute Gasteiger partial charge is 0.545 e. The summed E-state index contributed by atoms with van der Waals surface area (Å²) < 4.78 is 5.63. The van der Waals surface area contributed by atoms with Crippen molar-refractivity contribution in [2.24, 2.45) is 0 Å². The van der Waals surface area contributed by atoms with Gasteiger partial charge in [-0.2, -0.15) is 0 Å². The maximum Gasteiger partial charge on any atom is 0.128 e. The Labute approximate surface area is 105 Å². The predicted molar refractivity (Wildman–Crippen MR) is 67.0 cm³/mol. The summed E-state index contributed by atoms with van der Waals surface area (Å²) in [5.74, 6) is 0.171. The van der Waals surface area contributed by atoms with Gasteiger partial charge < -0.3 is 14.6 Å². The molecule has 90 valence electrons. The summed E-state index contributed by atoms with van der Waals surface area (Å²) in [4.78, 5) is 10.3. The zero-order chi connectivity index (χ0) is 12.8. The third-order valence-corrected chi connectivity index (χ3v) is 2.25. The van der Waals surface area contributed by atoms with Crippen LogP contribution < -0.4 is 9.84 Å². The van der Waals surface area contributed by atoms with Crippen molar-refractivity contribution >= 4 is 12.0 Å². The summed E-state index contributed by atoms with van der Waals surface area (Å²) >= 11 is 0. The molecular formula is C15H11O3-. The second kappa shape index (κ2) is 5.68. The van der Waals surface area contributed by atoms with Crippen molar-refractivity contribution in [1.29, 1.82) is 0 Å². The lowest BCUT2D eigenvalue weighted by Gasteiger charge is -2.05. The molecule has 0 aromatic heterocycles. The van der Waals surface area contributed by atoms with Crippen molar-refractivity contribution in [2.45, 2.75) is 0 Å². The minimum Gasteiger partial charge on any atom is -0.545 e. The van der Waals surface area contributed by atoms with Gasteiger partial charge in [-0.25, -0.2) is 0 Å². The fourth-order valence-corrected chi connectivity index (χ4v) is 1.47. The van der Waals surface area contributed by atoms with E-state index in [9.17, 15) is 9.90 Å². The monoisotopic (exact) mass is 239 g/mol. The minimum absolute atomic E-state index is 0.654. The Kier molecular flexibility index (Phi) is 3.76. The highest BCUT2D eigenvalue weighted by Crippen LogP contribution is 2.22. The van der Waals surface area contributed by atoms with Gasteiger partial charge in [0, 0.05) is 0 Å². The molecule has 0 aliphatic carbocycles. The van der Waals surface area contributed by atoms with Crippen molar-refractivity contribution in [2.75, 3.05) is 0 Å². The second-order valence-electron chi connectivity index (χ2n) is 3.64. The van der Waals surface area contributed by atoms with Gasteiger partial charge in [-0.05, 0) is 35.9 Å². The summed E-state index contributed by atoms with van der Waals surface area (Å²) in [5.41, 5.74) is 0.743. The fourth-order valence-electron chi connectivity index (χ4n) is 1.47. The van der Waals surface area contributed by atoms with Crippen molar-refractivity contribution in [1.82, 2.24) is 0 Å². The molecule has 0 N–H and O–H groups in total. The first kappa shape index (κ1) is 11.9. The van der Waals surface area contributed by atoms with E-state index in [1.54, 1.807) is 18.2 Å². The van der Waals surface area contributed by atoms with Crippen molar-refractivity contribution in [3.63, 3.8) is 0 Å². The second-order valence-corrected chi connectivity index (χ2v) is 3.64. The first-order chi connectivity index (χ1) is 8.74. The number of aliphatic carboxylic acids is 1. The Morgan fingerprint density at radius 1 is 1.00 bits per heavy atom. The molecule has 2 aromatic carbocycles. The molecule has 2 rings (SSSR count). The topological polar surface area (TPSA) is 49.4 Å². The molecule has 0 atom stereocenters. The van der Waals surface area contributed by atoms with Gasteiger partial charge in [-0.1, -0.05) is 36.4 Å². The number of carbonyl (C=O) groups is 1. The summed E-state index contributed by atoms with van der Waals surface area (Å²) in [6.07, 6.45) is 2.45. The molecule has 0 aliphatic rings. The number of hydrogen-bond donors (Lipinski definition) is 0. The molecule has 0 aliphatic heterocycles. The molecule has 0 saturated carbocycles. The Morgan fingerprint density at radius 2 is 1.72 bits per heavy atom. The van der Waals surface area contributed by atoms with E-state index in [1.165, 1.54) is 6.08 Å². The number of ether oxygens (including phenoxy) is 1. The van der Waals surface area contributed by atoms with E-state index in [4.69, 9.17) is 4.74 Å². The number of carbonyl (C=O) groups excluding carboxylic acids is 1.